The van der Waals surface area contributed by atoms with Gasteiger partial charge in [0.25, 0.3) is 0 Å². The van der Waals surface area contributed by atoms with E-state index in [1.54, 1.807) is 4.90 Å². The Balaban J connectivity index is 2.00. The fourth-order valence-electron chi connectivity index (χ4n) is 4.56. The number of halogens is 3. The lowest BCUT2D eigenvalue weighted by Crippen LogP contribution is -2.43. The number of carbonyl (C=O) groups is 2. The second kappa shape index (κ2) is 11.3. The van der Waals surface area contributed by atoms with Crippen LogP contribution in [0.25, 0.3) is 0 Å². The first-order valence-electron chi connectivity index (χ1n) is 12.1. The zero-order valence-electron chi connectivity index (χ0n) is 21.0. The topological polar surface area (TPSA) is 81.9 Å². The van der Waals surface area contributed by atoms with Gasteiger partial charge in [0.15, 0.2) is 0 Å². The van der Waals surface area contributed by atoms with E-state index in [9.17, 15) is 22.8 Å². The Kier molecular flexibility index (Phi) is 8.66. The van der Waals surface area contributed by atoms with Crippen LogP contribution in [0.2, 0.25) is 0 Å². The molecule has 0 spiro atoms. The number of methoxy groups -OCH3 is 1. The van der Waals surface area contributed by atoms with Crippen molar-refractivity contribution in [2.75, 3.05) is 12.0 Å². The van der Waals surface area contributed by atoms with E-state index >= 15 is 0 Å². The molecule has 1 saturated carbocycles. The number of rotatable bonds is 7. The summed E-state index contributed by atoms with van der Waals surface area (Å²) in [4.78, 5) is 27.8. The smallest absolute Gasteiger partial charge is 0.419 e. The van der Waals surface area contributed by atoms with Crippen molar-refractivity contribution in [3.05, 3.63) is 53.1 Å². The zero-order valence-corrected chi connectivity index (χ0v) is 21.0. The second-order valence-corrected chi connectivity index (χ2v) is 9.56. The molecule has 1 aliphatic rings. The van der Waals surface area contributed by atoms with Crippen LogP contribution in [0.1, 0.15) is 67.9 Å². The van der Waals surface area contributed by atoms with Gasteiger partial charge >= 0.3 is 12.1 Å². The lowest BCUT2D eigenvalue weighted by molar-refractivity contribution is -0.138. The number of carbonyl (C=O) groups excluding carboxylic acids is 2. The van der Waals surface area contributed by atoms with Crippen LogP contribution < -0.4 is 15.4 Å². The standard InChI is InChI=1S/C27H33F3N2O4/c1-16(2)32(25(33)19-8-5-17(3)6-9-19)23-11-10-20(14-21(23)26(34)35-4)36-24-12-7-18(15-31)13-22(24)27(28,29)30/h7,10-14,16-17,19H,5-6,8-9,15,31H2,1-4H3. The maximum Gasteiger partial charge on any atom is 0.419 e. The molecular weight excluding hydrogens is 473 g/mol. The normalized spacial score (nSPS) is 18.1. The summed E-state index contributed by atoms with van der Waals surface area (Å²) in [7, 11) is 1.21. The summed E-state index contributed by atoms with van der Waals surface area (Å²) in [5.41, 5.74) is 5.20. The van der Waals surface area contributed by atoms with Gasteiger partial charge in [-0.1, -0.05) is 13.0 Å². The highest BCUT2D eigenvalue weighted by atomic mass is 19.4. The largest absolute Gasteiger partial charge is 0.465 e. The predicted molar refractivity (Wildman–Crippen MR) is 131 cm³/mol. The Bertz CT molecular complexity index is 1090. The summed E-state index contributed by atoms with van der Waals surface area (Å²) in [5, 5.41) is 0. The van der Waals surface area contributed by atoms with Gasteiger partial charge in [-0.2, -0.15) is 13.2 Å². The van der Waals surface area contributed by atoms with Gasteiger partial charge in [0.1, 0.15) is 11.5 Å². The molecule has 196 valence electrons. The number of esters is 1. The van der Waals surface area contributed by atoms with Crippen molar-refractivity contribution in [2.24, 2.45) is 17.6 Å². The van der Waals surface area contributed by atoms with E-state index in [1.807, 2.05) is 13.8 Å². The van der Waals surface area contributed by atoms with Gasteiger partial charge in [0, 0.05) is 18.5 Å². The number of alkyl halides is 3. The molecule has 2 aromatic rings. The highest BCUT2D eigenvalue weighted by molar-refractivity contribution is 6.04. The number of anilines is 1. The molecule has 2 aromatic carbocycles. The molecule has 0 unspecified atom stereocenters. The van der Waals surface area contributed by atoms with E-state index < -0.39 is 23.5 Å². The lowest BCUT2D eigenvalue weighted by Gasteiger charge is -2.34. The highest BCUT2D eigenvalue weighted by Crippen LogP contribution is 2.40. The molecule has 0 saturated heterocycles. The summed E-state index contributed by atoms with van der Waals surface area (Å²) in [6.07, 6.45) is -1.19. The van der Waals surface area contributed by atoms with Crippen molar-refractivity contribution in [3.8, 4) is 11.5 Å². The summed E-state index contributed by atoms with van der Waals surface area (Å²) >= 11 is 0. The first kappa shape index (κ1) is 27.5. The van der Waals surface area contributed by atoms with E-state index in [4.69, 9.17) is 15.2 Å². The summed E-state index contributed by atoms with van der Waals surface area (Å²) in [6, 6.07) is 7.61. The number of hydrogen-bond donors (Lipinski definition) is 1. The van der Waals surface area contributed by atoms with Crippen molar-refractivity contribution in [1.82, 2.24) is 0 Å². The van der Waals surface area contributed by atoms with Crippen molar-refractivity contribution >= 4 is 17.6 Å². The van der Waals surface area contributed by atoms with Gasteiger partial charge in [-0.3, -0.25) is 4.79 Å². The fourth-order valence-corrected chi connectivity index (χ4v) is 4.56. The summed E-state index contributed by atoms with van der Waals surface area (Å²) < 4.78 is 51.4. The quantitative estimate of drug-likeness (QED) is 0.445. The zero-order chi connectivity index (χ0) is 26.6. The van der Waals surface area contributed by atoms with Gasteiger partial charge in [-0.15, -0.1) is 0 Å². The third kappa shape index (κ3) is 6.19. The van der Waals surface area contributed by atoms with Crippen molar-refractivity contribution in [2.45, 2.75) is 65.2 Å². The molecule has 0 radical (unpaired) electrons. The van der Waals surface area contributed by atoms with Gasteiger partial charge in [-0.25, -0.2) is 4.79 Å². The molecule has 0 bridgehead atoms. The minimum atomic E-state index is -4.66. The van der Waals surface area contributed by atoms with E-state index in [0.29, 0.717) is 17.2 Å². The van der Waals surface area contributed by atoms with Crippen molar-refractivity contribution < 1.29 is 32.2 Å². The third-order valence-corrected chi connectivity index (χ3v) is 6.56. The molecule has 1 amide bonds. The number of ether oxygens (including phenoxy) is 2. The monoisotopic (exact) mass is 506 g/mol. The maximum atomic E-state index is 13.6. The van der Waals surface area contributed by atoms with Crippen LogP contribution in [-0.2, 0) is 22.3 Å². The third-order valence-electron chi connectivity index (χ3n) is 6.56. The van der Waals surface area contributed by atoms with E-state index in [0.717, 1.165) is 31.7 Å². The van der Waals surface area contributed by atoms with Gasteiger partial charge in [0.2, 0.25) is 5.91 Å². The van der Waals surface area contributed by atoms with Crippen LogP contribution in [-0.4, -0.2) is 25.0 Å². The number of hydrogen-bond acceptors (Lipinski definition) is 5. The van der Waals surface area contributed by atoms with Crippen LogP contribution >= 0.6 is 0 Å². The predicted octanol–water partition coefficient (Wildman–Crippen LogP) is 6.31. The number of nitrogens with zero attached hydrogens (tertiary/aromatic N) is 1. The van der Waals surface area contributed by atoms with Crippen LogP contribution in [0, 0.1) is 11.8 Å². The maximum absolute atomic E-state index is 13.6. The van der Waals surface area contributed by atoms with Crippen LogP contribution in [0.3, 0.4) is 0 Å². The molecule has 3 rings (SSSR count). The average Bonchev–Trinajstić information content (AvgIpc) is 2.84. The number of benzene rings is 2. The molecule has 1 fully saturated rings. The first-order valence-corrected chi connectivity index (χ1v) is 12.1. The Morgan fingerprint density at radius 2 is 1.75 bits per heavy atom. The molecule has 1 aliphatic carbocycles. The van der Waals surface area contributed by atoms with Crippen LogP contribution in [0.4, 0.5) is 18.9 Å². The summed E-state index contributed by atoms with van der Waals surface area (Å²) in [5.74, 6) is -0.790. The van der Waals surface area contributed by atoms with Crippen LogP contribution in [0.15, 0.2) is 36.4 Å². The lowest BCUT2D eigenvalue weighted by atomic mass is 9.82. The number of nitrogens with two attached hydrogens (primary N) is 1. The molecule has 0 aromatic heterocycles. The van der Waals surface area contributed by atoms with Crippen molar-refractivity contribution in [1.29, 1.82) is 0 Å². The molecule has 0 atom stereocenters. The molecule has 0 aliphatic heterocycles. The first-order chi connectivity index (χ1) is 17.0. The fraction of sp³-hybridized carbons (Fsp3) is 0.481. The average molecular weight is 507 g/mol. The van der Waals surface area contributed by atoms with Crippen molar-refractivity contribution in [3.63, 3.8) is 0 Å². The Labute approximate surface area is 209 Å². The van der Waals surface area contributed by atoms with Gasteiger partial charge < -0.3 is 20.1 Å². The Morgan fingerprint density at radius 1 is 1.08 bits per heavy atom. The van der Waals surface area contributed by atoms with Crippen LogP contribution in [0.5, 0.6) is 11.5 Å². The van der Waals surface area contributed by atoms with E-state index in [1.165, 1.54) is 37.4 Å². The Morgan fingerprint density at radius 3 is 2.31 bits per heavy atom. The highest BCUT2D eigenvalue weighted by Gasteiger charge is 2.35. The minimum Gasteiger partial charge on any atom is -0.465 e. The van der Waals surface area contributed by atoms with E-state index in [2.05, 4.69) is 6.92 Å². The number of amides is 1. The molecule has 6 nitrogen and oxygen atoms in total. The van der Waals surface area contributed by atoms with Gasteiger partial charge in [-0.05, 0) is 81.3 Å². The van der Waals surface area contributed by atoms with E-state index in [-0.39, 0.29) is 35.7 Å². The molecule has 2 N–H and O–H groups in total. The molecule has 9 heteroatoms. The Hall–Kier alpha value is -3.07. The van der Waals surface area contributed by atoms with Gasteiger partial charge in [0.05, 0.1) is 23.9 Å². The second-order valence-electron chi connectivity index (χ2n) is 9.56. The minimum absolute atomic E-state index is 0.00722. The molecule has 0 heterocycles. The molecule has 36 heavy (non-hydrogen) atoms. The summed E-state index contributed by atoms with van der Waals surface area (Å²) in [6.45, 7) is 5.82. The SMILES string of the molecule is COC(=O)c1cc(Oc2ccc(CN)cc2C(F)(F)F)ccc1N(C(=O)C1CCC(C)CC1)C(C)C. The molecular formula is C27H33F3N2O4.